The van der Waals surface area contributed by atoms with Gasteiger partial charge in [0.15, 0.2) is 11.1 Å². The van der Waals surface area contributed by atoms with Gasteiger partial charge in [0.25, 0.3) is 10.0 Å². The number of pyridine rings is 1. The zero-order valence-electron chi connectivity index (χ0n) is 29.3. The number of hydrogen-bond acceptors (Lipinski definition) is 11. The molecule has 0 radical (unpaired) electrons. The summed E-state index contributed by atoms with van der Waals surface area (Å²) in [5.41, 5.74) is -0.909. The second-order valence-electron chi connectivity index (χ2n) is 13.2. The first-order chi connectivity index (χ1) is 25.5. The van der Waals surface area contributed by atoms with Gasteiger partial charge in [-0.05, 0) is 61.1 Å². The van der Waals surface area contributed by atoms with E-state index in [4.69, 9.17) is 14.2 Å². The van der Waals surface area contributed by atoms with E-state index in [1.54, 1.807) is 13.0 Å². The number of carbonyl (C=O) groups is 2. The summed E-state index contributed by atoms with van der Waals surface area (Å²) in [6.07, 6.45) is -12.0. The minimum atomic E-state index is -4.72. The van der Waals surface area contributed by atoms with Crippen LogP contribution >= 0.6 is 0 Å². The quantitative estimate of drug-likeness (QED) is 0.142. The molecule has 1 fully saturated rings. The number of nitrogens with one attached hydrogen (secondary N) is 1. The van der Waals surface area contributed by atoms with Crippen LogP contribution in [-0.4, -0.2) is 82.1 Å². The van der Waals surface area contributed by atoms with E-state index in [-0.39, 0.29) is 29.9 Å². The number of ether oxygens (including phenoxy) is 3. The van der Waals surface area contributed by atoms with E-state index in [2.05, 4.69) is 9.71 Å². The molecule has 0 amide bonds. The second kappa shape index (κ2) is 16.4. The number of esters is 1. The normalized spacial score (nSPS) is 25.5. The van der Waals surface area contributed by atoms with Gasteiger partial charge in [0.05, 0.1) is 11.1 Å². The number of rotatable bonds is 14. The molecule has 0 bridgehead atoms. The standard InChI is InChI=1S/C37H41F3N2O11S/c1-3-16-36(17-15-21-9-6-5-7-10-21)19-26(51-35-31(45)29(43)30(44)32(52-35)33(46)47)28(34(48)53-36)25(4-2)22-11-8-12-24(18-22)42-54(49,50)27-14-13-23(20-41-27)37(38,39)40/h5-14,18,20,25,29-32,35,42-45H,3-4,15-17,19H2,1-2H3,(H,46,47)/t25-,29+,30+,31+,32+,35-,36-/m1/s1. The zero-order chi connectivity index (χ0) is 39.4. The Kier molecular flexibility index (Phi) is 12.4. The largest absolute Gasteiger partial charge is 0.479 e. The van der Waals surface area contributed by atoms with Gasteiger partial charge in [0.2, 0.25) is 6.29 Å². The lowest BCUT2D eigenvalue weighted by Gasteiger charge is -2.43. The van der Waals surface area contributed by atoms with Crippen molar-refractivity contribution < 1.29 is 65.8 Å². The molecule has 7 atom stereocenters. The molecule has 3 heterocycles. The van der Waals surface area contributed by atoms with Crippen LogP contribution in [0.3, 0.4) is 0 Å². The summed E-state index contributed by atoms with van der Waals surface area (Å²) < 4.78 is 85.5. The van der Waals surface area contributed by atoms with Crippen molar-refractivity contribution in [1.82, 2.24) is 4.98 Å². The Bertz CT molecular complexity index is 1940. The Morgan fingerprint density at radius 2 is 1.74 bits per heavy atom. The fourth-order valence-electron chi connectivity index (χ4n) is 6.74. The van der Waals surface area contributed by atoms with E-state index in [9.17, 15) is 51.6 Å². The van der Waals surface area contributed by atoms with Crippen molar-refractivity contribution in [2.24, 2.45) is 0 Å². The van der Waals surface area contributed by atoms with Gasteiger partial charge < -0.3 is 34.6 Å². The predicted molar refractivity (Wildman–Crippen MR) is 185 cm³/mol. The molecule has 2 aliphatic heterocycles. The Balaban J connectivity index is 1.53. The molecule has 3 aromatic rings. The van der Waals surface area contributed by atoms with Crippen LogP contribution in [0.15, 0.2) is 89.3 Å². The van der Waals surface area contributed by atoms with Gasteiger partial charge in [-0.1, -0.05) is 62.7 Å². The number of sulfonamides is 1. The smallest absolute Gasteiger partial charge is 0.417 e. The van der Waals surface area contributed by atoms with E-state index in [0.29, 0.717) is 43.5 Å². The van der Waals surface area contributed by atoms with E-state index < -0.39 is 81.0 Å². The van der Waals surface area contributed by atoms with Crippen molar-refractivity contribution in [3.8, 4) is 0 Å². The molecule has 54 heavy (non-hydrogen) atoms. The minimum absolute atomic E-state index is 0.00414. The molecule has 2 aliphatic rings. The van der Waals surface area contributed by atoms with Crippen molar-refractivity contribution in [3.05, 3.63) is 101 Å². The fraction of sp³-hybridized carbons (Fsp3) is 0.432. The minimum Gasteiger partial charge on any atom is -0.479 e. The number of nitrogens with zero attached hydrogens (tertiary/aromatic N) is 1. The molecule has 1 aromatic heterocycles. The van der Waals surface area contributed by atoms with Crippen molar-refractivity contribution in [3.63, 3.8) is 0 Å². The molecule has 5 N–H and O–H groups in total. The molecular weight excluding hydrogens is 737 g/mol. The Hall–Kier alpha value is -4.55. The van der Waals surface area contributed by atoms with Gasteiger partial charge in [-0.15, -0.1) is 0 Å². The van der Waals surface area contributed by atoms with Crippen LogP contribution < -0.4 is 4.72 Å². The third kappa shape index (κ3) is 9.03. The van der Waals surface area contributed by atoms with Gasteiger partial charge in [0.1, 0.15) is 29.7 Å². The lowest BCUT2D eigenvalue weighted by atomic mass is 9.79. The molecule has 0 unspecified atom stereocenters. The monoisotopic (exact) mass is 778 g/mol. The molecular formula is C37H41F3N2O11S. The van der Waals surface area contributed by atoms with Gasteiger partial charge in [0, 0.05) is 24.2 Å². The van der Waals surface area contributed by atoms with Gasteiger partial charge in [-0.25, -0.2) is 14.6 Å². The highest BCUT2D eigenvalue weighted by molar-refractivity contribution is 7.92. The van der Waals surface area contributed by atoms with E-state index in [1.165, 1.54) is 18.2 Å². The number of carboxylic acid groups (broad SMARTS) is 1. The number of alkyl halides is 3. The van der Waals surface area contributed by atoms with Crippen LogP contribution in [-0.2, 0) is 46.4 Å². The highest BCUT2D eigenvalue weighted by Gasteiger charge is 2.50. The molecule has 17 heteroatoms. The van der Waals surface area contributed by atoms with E-state index in [0.717, 1.165) is 11.6 Å². The number of carbonyl (C=O) groups excluding carboxylic acids is 1. The number of carboxylic acids is 1. The maximum atomic E-state index is 14.2. The molecule has 0 spiro atoms. The first kappa shape index (κ1) is 40.6. The highest BCUT2D eigenvalue weighted by atomic mass is 32.2. The Morgan fingerprint density at radius 1 is 1.02 bits per heavy atom. The topological polar surface area (TPSA) is 202 Å². The van der Waals surface area contributed by atoms with Gasteiger partial charge >= 0.3 is 18.1 Å². The molecule has 13 nitrogen and oxygen atoms in total. The van der Waals surface area contributed by atoms with E-state index in [1.807, 2.05) is 37.3 Å². The number of hydrogen-bond donors (Lipinski definition) is 5. The molecule has 2 aromatic carbocycles. The van der Waals surface area contributed by atoms with Crippen molar-refractivity contribution in [1.29, 1.82) is 0 Å². The predicted octanol–water partition coefficient (Wildman–Crippen LogP) is 4.68. The summed E-state index contributed by atoms with van der Waals surface area (Å²) in [6, 6.07) is 16.7. The first-order valence-corrected chi connectivity index (χ1v) is 18.7. The summed E-state index contributed by atoms with van der Waals surface area (Å²) in [6.45, 7) is 3.64. The molecule has 1 saturated heterocycles. The van der Waals surface area contributed by atoms with Crippen LogP contribution in [0.5, 0.6) is 0 Å². The average Bonchev–Trinajstić information content (AvgIpc) is 3.12. The third-order valence-electron chi connectivity index (χ3n) is 9.44. The van der Waals surface area contributed by atoms with Crippen LogP contribution in [0.25, 0.3) is 0 Å². The number of aliphatic carboxylic acids is 1. The number of halogens is 3. The van der Waals surface area contributed by atoms with Gasteiger partial charge in [-0.2, -0.15) is 21.6 Å². The fourth-order valence-corrected chi connectivity index (χ4v) is 7.72. The number of anilines is 1. The Morgan fingerprint density at radius 3 is 2.35 bits per heavy atom. The molecule has 0 saturated carbocycles. The van der Waals surface area contributed by atoms with Crippen molar-refractivity contribution in [2.45, 2.75) is 106 Å². The van der Waals surface area contributed by atoms with Crippen LogP contribution in [0.2, 0.25) is 0 Å². The average molecular weight is 779 g/mol. The summed E-state index contributed by atoms with van der Waals surface area (Å²) in [5, 5.41) is 40.6. The third-order valence-corrected chi connectivity index (χ3v) is 10.7. The summed E-state index contributed by atoms with van der Waals surface area (Å²) in [4.78, 5) is 29.6. The molecule has 292 valence electrons. The number of aliphatic hydroxyl groups is 3. The number of cyclic esters (lactones) is 1. The number of aryl methyl sites for hydroxylation is 1. The first-order valence-electron chi connectivity index (χ1n) is 17.2. The summed E-state index contributed by atoms with van der Waals surface area (Å²) >= 11 is 0. The maximum absolute atomic E-state index is 14.2. The lowest BCUT2D eigenvalue weighted by molar-refractivity contribution is -0.287. The zero-order valence-corrected chi connectivity index (χ0v) is 30.1. The number of benzene rings is 2. The lowest BCUT2D eigenvalue weighted by Crippen LogP contribution is -2.60. The second-order valence-corrected chi connectivity index (χ2v) is 14.9. The summed E-state index contributed by atoms with van der Waals surface area (Å²) in [7, 11) is -4.46. The van der Waals surface area contributed by atoms with E-state index >= 15 is 0 Å². The van der Waals surface area contributed by atoms with Crippen LogP contribution in [0.1, 0.15) is 68.6 Å². The Labute approximate surface area is 309 Å². The van der Waals surface area contributed by atoms with Gasteiger partial charge in [-0.3, -0.25) is 4.72 Å². The SMILES string of the molecule is CCC[C@@]1(CCc2ccccc2)CC(O[C@@H]2O[C@H](C(=O)O)[C@@H](O)[C@H](O)[C@@H]2O)=C([C@H](CC)c2cccc(NS(=O)(=O)c3ccc(C(F)(F)F)cn3)c2)C(=O)O1. The van der Waals surface area contributed by atoms with Crippen LogP contribution in [0.4, 0.5) is 18.9 Å². The van der Waals surface area contributed by atoms with Crippen molar-refractivity contribution in [2.75, 3.05) is 4.72 Å². The number of aliphatic hydroxyl groups excluding tert-OH is 3. The molecule has 0 aliphatic carbocycles. The highest BCUT2D eigenvalue weighted by Crippen LogP contribution is 2.44. The summed E-state index contributed by atoms with van der Waals surface area (Å²) in [5.74, 6) is -3.28. The number of aromatic nitrogens is 1. The van der Waals surface area contributed by atoms with Crippen LogP contribution in [0, 0.1) is 0 Å². The maximum Gasteiger partial charge on any atom is 0.417 e. The molecule has 5 rings (SSSR count). The van der Waals surface area contributed by atoms with Crippen molar-refractivity contribution >= 4 is 27.6 Å².